The van der Waals surface area contributed by atoms with Crippen molar-refractivity contribution in [3.63, 3.8) is 0 Å². The molecule has 1 N–H and O–H groups in total. The van der Waals surface area contributed by atoms with Crippen LogP contribution in [-0.2, 0) is 0 Å². The minimum atomic E-state index is -0.119. The highest BCUT2D eigenvalue weighted by Crippen LogP contribution is 2.24. The molecule has 78 valence electrons. The summed E-state index contributed by atoms with van der Waals surface area (Å²) >= 11 is 10.4. The molecule has 0 saturated heterocycles. The fourth-order valence-electron chi connectivity index (χ4n) is 1.14. The van der Waals surface area contributed by atoms with Crippen LogP contribution in [0.15, 0.2) is 27.8 Å². The first-order chi connectivity index (χ1) is 7.16. The average molecular weight is 306 g/mol. The van der Waals surface area contributed by atoms with Gasteiger partial charge in [0, 0.05) is 10.2 Å². The minimum absolute atomic E-state index is 0.119. The van der Waals surface area contributed by atoms with Crippen molar-refractivity contribution in [1.29, 1.82) is 0 Å². The number of amides is 1. The molecule has 1 aliphatic heterocycles. The number of thioether (sulfide) groups is 1. The second kappa shape index (κ2) is 4.55. The first-order valence-corrected chi connectivity index (χ1v) is 6.27. The van der Waals surface area contributed by atoms with E-state index < -0.39 is 0 Å². The lowest BCUT2D eigenvalue weighted by atomic mass is 10.1. The lowest BCUT2D eigenvalue weighted by Crippen LogP contribution is -2.23. The largest absolute Gasteiger partial charge is 0.299 e. The van der Waals surface area contributed by atoms with Gasteiger partial charge in [0.05, 0.1) is 10.7 Å². The number of carbonyl (C=O) groups excluding carboxylic acids is 1. The van der Waals surface area contributed by atoms with Gasteiger partial charge < -0.3 is 0 Å². The van der Waals surface area contributed by atoms with Gasteiger partial charge in [-0.25, -0.2) is 5.43 Å². The highest BCUT2D eigenvalue weighted by molar-refractivity contribution is 9.10. The molecule has 15 heavy (non-hydrogen) atoms. The van der Waals surface area contributed by atoms with E-state index >= 15 is 0 Å². The topological polar surface area (TPSA) is 41.5 Å². The Kier molecular flexibility index (Phi) is 3.33. The maximum Gasteiger partial charge on any atom is 0.299 e. The molecule has 0 spiro atoms. The van der Waals surface area contributed by atoms with Crippen molar-refractivity contribution in [1.82, 2.24) is 5.43 Å². The summed E-state index contributed by atoms with van der Waals surface area (Å²) in [6.45, 7) is 0. The summed E-state index contributed by atoms with van der Waals surface area (Å²) < 4.78 is 0.825. The Morgan fingerprint density at radius 1 is 1.53 bits per heavy atom. The standard InChI is InChI=1S/C9H6BrClN2OS/c10-6-3-5(1-2-7(6)11)8-4-15-9(14)13-12-8/h1-3H,4H2,(H,13,14). The SMILES string of the molecule is O=C1NN=C(c2ccc(Cl)c(Br)c2)CS1. The smallest absolute Gasteiger partial charge is 0.260 e. The zero-order valence-corrected chi connectivity index (χ0v) is 10.6. The van der Waals surface area contributed by atoms with Crippen LogP contribution in [0.1, 0.15) is 5.56 Å². The van der Waals surface area contributed by atoms with Gasteiger partial charge in [0.1, 0.15) is 0 Å². The summed E-state index contributed by atoms with van der Waals surface area (Å²) in [4.78, 5) is 10.9. The summed E-state index contributed by atoms with van der Waals surface area (Å²) in [5.74, 6) is 0.583. The van der Waals surface area contributed by atoms with Crippen molar-refractivity contribution in [3.8, 4) is 0 Å². The van der Waals surface area contributed by atoms with E-state index in [4.69, 9.17) is 11.6 Å². The minimum Gasteiger partial charge on any atom is -0.260 e. The molecule has 1 heterocycles. The maximum absolute atomic E-state index is 10.9. The van der Waals surface area contributed by atoms with E-state index in [0.717, 1.165) is 15.7 Å². The number of carbonyl (C=O) groups is 1. The third-order valence-corrected chi connectivity index (χ3v) is 3.86. The van der Waals surface area contributed by atoms with E-state index in [9.17, 15) is 4.79 Å². The molecule has 0 aliphatic carbocycles. The molecule has 1 aromatic rings. The van der Waals surface area contributed by atoms with Gasteiger partial charge >= 0.3 is 0 Å². The fourth-order valence-corrected chi connectivity index (χ4v) is 2.24. The van der Waals surface area contributed by atoms with Crippen LogP contribution in [-0.4, -0.2) is 16.7 Å². The van der Waals surface area contributed by atoms with Crippen LogP contribution in [0, 0.1) is 0 Å². The lowest BCUT2D eigenvalue weighted by Gasteiger charge is -2.11. The molecular formula is C9H6BrClN2OS. The van der Waals surface area contributed by atoms with Crippen LogP contribution < -0.4 is 5.43 Å². The zero-order valence-electron chi connectivity index (χ0n) is 7.46. The Balaban J connectivity index is 2.30. The van der Waals surface area contributed by atoms with Crippen LogP contribution >= 0.6 is 39.3 Å². The number of hydrogen-bond acceptors (Lipinski definition) is 3. The number of rotatable bonds is 1. The molecule has 0 fully saturated rings. The van der Waals surface area contributed by atoms with Gasteiger partial charge in [-0.3, -0.25) is 4.79 Å². The van der Waals surface area contributed by atoms with Gasteiger partial charge in [0.2, 0.25) is 0 Å². The Bertz CT molecular complexity index is 450. The van der Waals surface area contributed by atoms with E-state index in [1.54, 1.807) is 6.07 Å². The van der Waals surface area contributed by atoms with Crippen LogP contribution in [0.5, 0.6) is 0 Å². The molecule has 0 radical (unpaired) electrons. The van der Waals surface area contributed by atoms with Gasteiger partial charge in [-0.1, -0.05) is 29.4 Å². The monoisotopic (exact) mass is 304 g/mol. The zero-order chi connectivity index (χ0) is 10.8. The van der Waals surface area contributed by atoms with Crippen LogP contribution in [0.4, 0.5) is 4.79 Å². The number of hydrogen-bond donors (Lipinski definition) is 1. The van der Waals surface area contributed by atoms with Gasteiger partial charge in [-0.15, -0.1) is 0 Å². The third kappa shape index (κ3) is 2.53. The summed E-state index contributed by atoms with van der Waals surface area (Å²) in [6.07, 6.45) is 0. The van der Waals surface area contributed by atoms with Gasteiger partial charge in [-0.05, 0) is 33.6 Å². The number of halogens is 2. The van der Waals surface area contributed by atoms with Gasteiger partial charge in [0.25, 0.3) is 5.24 Å². The molecule has 0 bridgehead atoms. The molecule has 1 amide bonds. The molecule has 0 unspecified atom stereocenters. The maximum atomic E-state index is 10.9. The molecule has 6 heteroatoms. The highest BCUT2D eigenvalue weighted by Gasteiger charge is 2.14. The van der Waals surface area contributed by atoms with E-state index in [1.807, 2.05) is 12.1 Å². The summed E-state index contributed by atoms with van der Waals surface area (Å²) in [5, 5.41) is 4.52. The third-order valence-electron chi connectivity index (χ3n) is 1.87. The van der Waals surface area contributed by atoms with Crippen molar-refractivity contribution in [3.05, 3.63) is 33.3 Å². The van der Waals surface area contributed by atoms with Crippen molar-refractivity contribution in [2.45, 2.75) is 0 Å². The Labute approximate surface area is 104 Å². The molecule has 1 aliphatic rings. The van der Waals surface area contributed by atoms with Crippen molar-refractivity contribution in [2.75, 3.05) is 5.75 Å². The molecule has 3 nitrogen and oxygen atoms in total. The Morgan fingerprint density at radius 2 is 2.33 bits per heavy atom. The van der Waals surface area contributed by atoms with E-state index in [2.05, 4.69) is 26.5 Å². The van der Waals surface area contributed by atoms with Crippen molar-refractivity contribution < 1.29 is 4.79 Å². The first-order valence-electron chi connectivity index (χ1n) is 4.11. The normalized spacial score (nSPS) is 15.9. The number of nitrogens with zero attached hydrogens (tertiary/aromatic N) is 1. The summed E-state index contributed by atoms with van der Waals surface area (Å²) in [7, 11) is 0. The predicted octanol–water partition coefficient (Wildman–Crippen LogP) is 3.26. The first kappa shape index (κ1) is 11.0. The van der Waals surface area contributed by atoms with Crippen molar-refractivity contribution in [2.24, 2.45) is 5.10 Å². The quantitative estimate of drug-likeness (QED) is 0.865. The predicted molar refractivity (Wildman–Crippen MR) is 66.7 cm³/mol. The molecule has 1 aromatic carbocycles. The molecular weight excluding hydrogens is 300 g/mol. The average Bonchev–Trinajstić information content (AvgIpc) is 2.23. The van der Waals surface area contributed by atoms with Gasteiger partial charge in [0.15, 0.2) is 0 Å². The van der Waals surface area contributed by atoms with Gasteiger partial charge in [-0.2, -0.15) is 5.10 Å². The van der Waals surface area contributed by atoms with E-state index in [1.165, 1.54) is 11.8 Å². The second-order valence-electron chi connectivity index (χ2n) is 2.88. The molecule has 0 atom stereocenters. The molecule has 0 saturated carbocycles. The molecule has 2 rings (SSSR count). The Hall–Kier alpha value is -0.520. The summed E-state index contributed by atoms with van der Waals surface area (Å²) in [6, 6.07) is 5.56. The fraction of sp³-hybridized carbons (Fsp3) is 0.111. The lowest BCUT2D eigenvalue weighted by molar-refractivity contribution is 0.261. The number of benzene rings is 1. The van der Waals surface area contributed by atoms with E-state index in [0.29, 0.717) is 10.8 Å². The van der Waals surface area contributed by atoms with Crippen LogP contribution in [0.3, 0.4) is 0 Å². The highest BCUT2D eigenvalue weighted by atomic mass is 79.9. The van der Waals surface area contributed by atoms with Crippen molar-refractivity contribution >= 4 is 50.2 Å². The number of nitrogens with one attached hydrogen (secondary N) is 1. The Morgan fingerprint density at radius 3 is 2.93 bits per heavy atom. The second-order valence-corrected chi connectivity index (χ2v) is 5.08. The van der Waals surface area contributed by atoms with E-state index in [-0.39, 0.29) is 5.24 Å². The molecule has 0 aromatic heterocycles. The number of hydrazone groups is 1. The summed E-state index contributed by atoms with van der Waals surface area (Å²) in [5.41, 5.74) is 4.23. The van der Waals surface area contributed by atoms with Crippen LogP contribution in [0.25, 0.3) is 0 Å². The van der Waals surface area contributed by atoms with Crippen LogP contribution in [0.2, 0.25) is 5.02 Å².